The van der Waals surface area contributed by atoms with E-state index in [9.17, 15) is 35.9 Å². The largest absolute Gasteiger partial charge is 0.573 e. The van der Waals surface area contributed by atoms with Crippen LogP contribution in [-0.4, -0.2) is 38.7 Å². The van der Waals surface area contributed by atoms with Crippen molar-refractivity contribution < 1.29 is 40.7 Å². The van der Waals surface area contributed by atoms with Gasteiger partial charge in [-0.2, -0.15) is 13.2 Å². The van der Waals surface area contributed by atoms with Crippen LogP contribution in [0.1, 0.15) is 24.2 Å². The monoisotopic (exact) mass is 512 g/mol. The number of imidazole rings is 1. The lowest BCUT2D eigenvalue weighted by Crippen LogP contribution is -2.22. The number of ether oxygens (including phenoxy) is 1. The molecule has 3 amide bonds. The van der Waals surface area contributed by atoms with Crippen LogP contribution in [0.3, 0.4) is 0 Å². The van der Waals surface area contributed by atoms with Crippen molar-refractivity contribution in [3.8, 4) is 17.0 Å². The summed E-state index contributed by atoms with van der Waals surface area (Å²) < 4.78 is 84.7. The van der Waals surface area contributed by atoms with E-state index in [0.717, 1.165) is 41.6 Å². The Morgan fingerprint density at radius 1 is 1.08 bits per heavy atom. The summed E-state index contributed by atoms with van der Waals surface area (Å²) in [5, 5.41) is 6.99. The molecule has 0 bridgehead atoms. The number of nitrogens with zero attached hydrogens (tertiary/aromatic N) is 3. The summed E-state index contributed by atoms with van der Waals surface area (Å²) in [6.45, 7) is 0. The van der Waals surface area contributed by atoms with Gasteiger partial charge >= 0.3 is 18.6 Å². The van der Waals surface area contributed by atoms with Gasteiger partial charge in [-0.25, -0.2) is 14.8 Å². The van der Waals surface area contributed by atoms with E-state index in [-0.39, 0.29) is 28.8 Å². The quantitative estimate of drug-likeness (QED) is 0.270. The van der Waals surface area contributed by atoms with Crippen molar-refractivity contribution in [2.45, 2.75) is 31.4 Å². The number of carbonyl (C=O) groups is 2. The molecule has 1 saturated carbocycles. The Labute approximate surface area is 197 Å². The van der Waals surface area contributed by atoms with Crippen molar-refractivity contribution in [2.75, 3.05) is 5.32 Å². The van der Waals surface area contributed by atoms with Crippen molar-refractivity contribution >= 4 is 29.5 Å². The van der Waals surface area contributed by atoms with Gasteiger partial charge < -0.3 is 15.4 Å². The Morgan fingerprint density at radius 2 is 1.83 bits per heavy atom. The van der Waals surface area contributed by atoms with Gasteiger partial charge in [-0.1, -0.05) is 12.1 Å². The van der Waals surface area contributed by atoms with Crippen molar-refractivity contribution in [1.29, 1.82) is 0 Å². The molecule has 0 radical (unpaired) electrons. The van der Waals surface area contributed by atoms with Gasteiger partial charge in [-0.3, -0.25) is 14.5 Å². The molecule has 0 atom stereocenters. The second-order valence-electron chi connectivity index (χ2n) is 7.97. The Morgan fingerprint density at radius 3 is 2.44 bits per heavy atom. The SMILES string of the molecule is O=C1NC(=O)/C(=C/c2c(C(F)(F)F)nc3c(NC4CC4)nc(-c4cccc(OC(F)(F)F)c4)cn23)N1. The van der Waals surface area contributed by atoms with Crippen LogP contribution in [0.2, 0.25) is 0 Å². The molecule has 0 spiro atoms. The van der Waals surface area contributed by atoms with Crippen LogP contribution in [-0.2, 0) is 11.0 Å². The highest BCUT2D eigenvalue weighted by atomic mass is 19.4. The molecule has 5 rings (SSSR count). The number of fused-ring (bicyclic) bond motifs is 1. The van der Waals surface area contributed by atoms with Gasteiger partial charge in [0.15, 0.2) is 17.2 Å². The Bertz CT molecular complexity index is 1420. The number of halogens is 6. The highest BCUT2D eigenvalue weighted by Crippen LogP contribution is 2.37. The summed E-state index contributed by atoms with van der Waals surface area (Å²) in [6, 6.07) is 3.80. The number of imide groups is 1. The average Bonchev–Trinajstić information content (AvgIpc) is 3.41. The zero-order valence-corrected chi connectivity index (χ0v) is 17.8. The molecule has 2 aromatic heterocycles. The summed E-state index contributed by atoms with van der Waals surface area (Å²) in [4.78, 5) is 31.4. The topological polar surface area (TPSA) is 110 Å². The molecular formula is C21H14F6N6O3. The third-order valence-electron chi connectivity index (χ3n) is 5.19. The number of amides is 3. The lowest BCUT2D eigenvalue weighted by molar-refractivity contribution is -0.274. The molecule has 3 aromatic rings. The van der Waals surface area contributed by atoms with E-state index in [1.807, 2.05) is 5.32 Å². The van der Waals surface area contributed by atoms with Gasteiger partial charge in [0.2, 0.25) is 0 Å². The summed E-state index contributed by atoms with van der Waals surface area (Å²) in [6.07, 6.45) is -6.46. The maximum absolute atomic E-state index is 13.9. The van der Waals surface area contributed by atoms with Crippen LogP contribution < -0.4 is 20.7 Å². The molecule has 1 aliphatic carbocycles. The summed E-state index contributed by atoms with van der Waals surface area (Å²) in [5.41, 5.74) is -2.49. The Hall–Kier alpha value is -4.30. The fraction of sp³-hybridized carbons (Fsp3) is 0.238. The van der Waals surface area contributed by atoms with Gasteiger partial charge in [-0.05, 0) is 31.1 Å². The van der Waals surface area contributed by atoms with Crippen LogP contribution in [0.15, 0.2) is 36.2 Å². The number of hydrogen-bond donors (Lipinski definition) is 3. The van der Waals surface area contributed by atoms with Gasteiger partial charge in [0.05, 0.1) is 11.4 Å². The van der Waals surface area contributed by atoms with Crippen LogP contribution in [0.5, 0.6) is 5.75 Å². The number of nitrogens with one attached hydrogen (secondary N) is 3. The standard InChI is InChI=1S/C21H14F6N6O3/c22-20(23,24)15-14(7-12-18(34)32-19(35)30-12)33-8-13(29-16(17(33)31-15)28-10-4-5-10)9-2-1-3-11(6-9)36-21(25,26)27/h1-3,6-8,10H,4-5H2,(H,28,29)(H2,30,32,34,35)/b12-7-. The van der Waals surface area contributed by atoms with Gasteiger partial charge in [-0.15, -0.1) is 13.2 Å². The molecule has 2 aliphatic rings. The molecule has 1 aromatic carbocycles. The third kappa shape index (κ3) is 4.76. The normalized spacial score (nSPS) is 17.4. The van der Waals surface area contributed by atoms with Crippen LogP contribution in [0.25, 0.3) is 23.0 Å². The minimum Gasteiger partial charge on any atom is -0.406 e. The van der Waals surface area contributed by atoms with Crippen LogP contribution >= 0.6 is 0 Å². The first-order valence-corrected chi connectivity index (χ1v) is 10.3. The van der Waals surface area contributed by atoms with Crippen molar-refractivity contribution in [2.24, 2.45) is 0 Å². The molecule has 9 nitrogen and oxygen atoms in total. The molecule has 0 unspecified atom stereocenters. The van der Waals surface area contributed by atoms with Gasteiger partial charge in [0, 0.05) is 17.8 Å². The molecule has 1 saturated heterocycles. The summed E-state index contributed by atoms with van der Waals surface area (Å²) >= 11 is 0. The first-order valence-electron chi connectivity index (χ1n) is 10.3. The molecule has 2 fully saturated rings. The number of alkyl halides is 6. The second kappa shape index (κ2) is 8.13. The smallest absolute Gasteiger partial charge is 0.406 e. The van der Waals surface area contributed by atoms with E-state index in [2.05, 4.69) is 25.3 Å². The lowest BCUT2D eigenvalue weighted by Gasteiger charge is -2.12. The molecule has 188 valence electrons. The van der Waals surface area contributed by atoms with Crippen LogP contribution in [0, 0.1) is 0 Å². The number of urea groups is 1. The number of carbonyl (C=O) groups excluding carboxylic acids is 2. The number of rotatable bonds is 5. The van der Waals surface area contributed by atoms with E-state index in [0.29, 0.717) is 0 Å². The van der Waals surface area contributed by atoms with Crippen molar-refractivity contribution in [3.63, 3.8) is 0 Å². The molecular weight excluding hydrogens is 498 g/mol. The van der Waals surface area contributed by atoms with Crippen LogP contribution in [0.4, 0.5) is 37.0 Å². The molecule has 3 heterocycles. The predicted molar refractivity (Wildman–Crippen MR) is 111 cm³/mol. The minimum absolute atomic E-state index is 0.00366. The summed E-state index contributed by atoms with van der Waals surface area (Å²) in [5.74, 6) is -1.52. The molecule has 36 heavy (non-hydrogen) atoms. The molecule has 1 aliphatic heterocycles. The fourth-order valence-corrected chi connectivity index (χ4v) is 3.54. The second-order valence-corrected chi connectivity index (χ2v) is 7.97. The Balaban J connectivity index is 1.72. The maximum atomic E-state index is 13.9. The number of anilines is 1. The van der Waals surface area contributed by atoms with Gasteiger partial charge in [0.1, 0.15) is 11.4 Å². The number of aromatic nitrogens is 3. The zero-order chi connectivity index (χ0) is 25.8. The number of hydrogen-bond acceptors (Lipinski definition) is 6. The van der Waals surface area contributed by atoms with Crippen molar-refractivity contribution in [1.82, 2.24) is 25.0 Å². The Kier molecular flexibility index (Phi) is 5.30. The summed E-state index contributed by atoms with van der Waals surface area (Å²) in [7, 11) is 0. The third-order valence-corrected chi connectivity index (χ3v) is 5.19. The molecule has 15 heteroatoms. The average molecular weight is 512 g/mol. The molecule has 3 N–H and O–H groups in total. The van der Waals surface area contributed by atoms with E-state index >= 15 is 0 Å². The minimum atomic E-state index is -4.95. The van der Waals surface area contributed by atoms with Crippen molar-refractivity contribution in [3.05, 3.63) is 47.5 Å². The highest BCUT2D eigenvalue weighted by Gasteiger charge is 2.39. The number of benzene rings is 1. The zero-order valence-electron chi connectivity index (χ0n) is 17.8. The van der Waals surface area contributed by atoms with E-state index in [1.54, 1.807) is 0 Å². The van der Waals surface area contributed by atoms with E-state index in [4.69, 9.17) is 0 Å². The first-order chi connectivity index (χ1) is 16.9. The maximum Gasteiger partial charge on any atom is 0.573 e. The fourth-order valence-electron chi connectivity index (χ4n) is 3.54. The highest BCUT2D eigenvalue weighted by molar-refractivity contribution is 6.14. The van der Waals surface area contributed by atoms with E-state index < -0.39 is 47.3 Å². The first kappa shape index (κ1) is 23.4. The predicted octanol–water partition coefficient (Wildman–Crippen LogP) is 4.07. The lowest BCUT2D eigenvalue weighted by atomic mass is 10.1. The van der Waals surface area contributed by atoms with Gasteiger partial charge in [0.25, 0.3) is 5.91 Å². The van der Waals surface area contributed by atoms with E-state index in [1.165, 1.54) is 12.1 Å².